The van der Waals surface area contributed by atoms with Crippen LogP contribution in [0.25, 0.3) is 0 Å². The quantitative estimate of drug-likeness (QED) is 0.889. The van der Waals surface area contributed by atoms with E-state index in [0.717, 1.165) is 41.8 Å². The van der Waals surface area contributed by atoms with Gasteiger partial charge in [-0.2, -0.15) is 0 Å². The molecule has 0 radical (unpaired) electrons. The molecule has 0 saturated carbocycles. The van der Waals surface area contributed by atoms with Crippen LogP contribution in [-0.4, -0.2) is 11.8 Å². The SMILES string of the molecule is C[C@@H]1CCc2c(sc(NC(=O)c3ccc(F)cc3F)c2C(N)=O)C1. The molecule has 1 aromatic heterocycles. The molecule has 2 amide bonds. The van der Waals surface area contributed by atoms with E-state index in [1.165, 1.54) is 11.3 Å². The summed E-state index contributed by atoms with van der Waals surface area (Å²) < 4.78 is 26.7. The zero-order valence-electron chi connectivity index (χ0n) is 13.0. The first-order chi connectivity index (χ1) is 11.4. The van der Waals surface area contributed by atoms with Gasteiger partial charge in [0.05, 0.1) is 11.1 Å². The first kappa shape index (κ1) is 16.6. The van der Waals surface area contributed by atoms with Crippen LogP contribution in [-0.2, 0) is 12.8 Å². The van der Waals surface area contributed by atoms with Gasteiger partial charge in [0, 0.05) is 10.9 Å². The predicted molar refractivity (Wildman–Crippen MR) is 88.3 cm³/mol. The fraction of sp³-hybridized carbons (Fsp3) is 0.294. The zero-order chi connectivity index (χ0) is 17.4. The van der Waals surface area contributed by atoms with E-state index in [2.05, 4.69) is 12.2 Å². The van der Waals surface area contributed by atoms with Gasteiger partial charge in [-0.15, -0.1) is 11.3 Å². The van der Waals surface area contributed by atoms with Gasteiger partial charge >= 0.3 is 0 Å². The molecule has 0 spiro atoms. The average Bonchev–Trinajstić information content (AvgIpc) is 2.83. The van der Waals surface area contributed by atoms with Crippen molar-refractivity contribution in [2.24, 2.45) is 11.7 Å². The number of nitrogens with one attached hydrogen (secondary N) is 1. The number of hydrogen-bond donors (Lipinski definition) is 2. The van der Waals surface area contributed by atoms with Crippen molar-refractivity contribution in [1.82, 2.24) is 0 Å². The van der Waals surface area contributed by atoms with Crippen LogP contribution < -0.4 is 11.1 Å². The summed E-state index contributed by atoms with van der Waals surface area (Å²) in [7, 11) is 0. The number of anilines is 1. The Morgan fingerprint density at radius 2 is 2.08 bits per heavy atom. The Balaban J connectivity index is 1.95. The molecular formula is C17H16F2N2O2S. The van der Waals surface area contributed by atoms with Crippen molar-refractivity contribution in [2.75, 3.05) is 5.32 Å². The number of carbonyl (C=O) groups excluding carboxylic acids is 2. The van der Waals surface area contributed by atoms with Crippen molar-refractivity contribution in [3.8, 4) is 0 Å². The first-order valence-corrected chi connectivity index (χ1v) is 8.39. The van der Waals surface area contributed by atoms with E-state index >= 15 is 0 Å². The lowest BCUT2D eigenvalue weighted by atomic mass is 9.88. The lowest BCUT2D eigenvalue weighted by Gasteiger charge is -2.18. The van der Waals surface area contributed by atoms with Gasteiger partial charge < -0.3 is 11.1 Å². The number of carbonyl (C=O) groups is 2. The molecule has 0 fully saturated rings. The van der Waals surface area contributed by atoms with Crippen LogP contribution in [0.5, 0.6) is 0 Å². The van der Waals surface area contributed by atoms with Gasteiger partial charge in [0.15, 0.2) is 0 Å². The second-order valence-corrected chi connectivity index (χ2v) is 7.10. The van der Waals surface area contributed by atoms with E-state index in [1.54, 1.807) is 0 Å². The van der Waals surface area contributed by atoms with E-state index in [9.17, 15) is 18.4 Å². The molecule has 1 aliphatic carbocycles. The topological polar surface area (TPSA) is 72.2 Å². The number of primary amides is 1. The zero-order valence-corrected chi connectivity index (χ0v) is 13.8. The van der Waals surface area contributed by atoms with Gasteiger partial charge in [-0.05, 0) is 42.9 Å². The van der Waals surface area contributed by atoms with Crippen molar-refractivity contribution < 1.29 is 18.4 Å². The summed E-state index contributed by atoms with van der Waals surface area (Å²) >= 11 is 1.30. The highest BCUT2D eigenvalue weighted by atomic mass is 32.1. The maximum absolute atomic E-state index is 13.8. The van der Waals surface area contributed by atoms with Crippen molar-refractivity contribution >= 4 is 28.2 Å². The third kappa shape index (κ3) is 3.03. The van der Waals surface area contributed by atoms with Crippen LogP contribution in [0.15, 0.2) is 18.2 Å². The normalized spacial score (nSPS) is 16.5. The van der Waals surface area contributed by atoms with Crippen LogP contribution in [0.2, 0.25) is 0 Å². The molecule has 4 nitrogen and oxygen atoms in total. The minimum Gasteiger partial charge on any atom is -0.365 e. The number of rotatable bonds is 3. The molecule has 1 heterocycles. The molecule has 1 aliphatic rings. The van der Waals surface area contributed by atoms with Crippen LogP contribution in [0.3, 0.4) is 0 Å². The second-order valence-electron chi connectivity index (χ2n) is 6.00. The Bertz CT molecular complexity index is 832. The van der Waals surface area contributed by atoms with Gasteiger partial charge in [-0.1, -0.05) is 6.92 Å². The summed E-state index contributed by atoms with van der Waals surface area (Å²) in [5.41, 5.74) is 6.37. The molecule has 7 heteroatoms. The first-order valence-electron chi connectivity index (χ1n) is 7.57. The molecule has 24 heavy (non-hydrogen) atoms. The van der Waals surface area contributed by atoms with E-state index in [0.29, 0.717) is 22.5 Å². The molecule has 1 atom stereocenters. The fourth-order valence-electron chi connectivity index (χ4n) is 2.94. The highest BCUT2D eigenvalue weighted by Crippen LogP contribution is 2.39. The number of halogens is 2. The van der Waals surface area contributed by atoms with Gasteiger partial charge in [0.2, 0.25) is 0 Å². The maximum atomic E-state index is 13.8. The Labute approximate surface area is 141 Å². The smallest absolute Gasteiger partial charge is 0.259 e. The molecule has 3 N–H and O–H groups in total. The number of hydrogen-bond acceptors (Lipinski definition) is 3. The molecule has 1 aromatic carbocycles. The van der Waals surface area contributed by atoms with Gasteiger partial charge in [-0.25, -0.2) is 8.78 Å². The molecule has 3 rings (SSSR count). The van der Waals surface area contributed by atoms with Crippen LogP contribution in [0.4, 0.5) is 13.8 Å². The lowest BCUT2D eigenvalue weighted by molar-refractivity contribution is 0.1000. The molecule has 2 aromatic rings. The van der Waals surface area contributed by atoms with Crippen molar-refractivity contribution in [3.05, 3.63) is 51.4 Å². The third-order valence-electron chi connectivity index (χ3n) is 4.16. The predicted octanol–water partition coefficient (Wildman–Crippen LogP) is 3.50. The highest BCUT2D eigenvalue weighted by molar-refractivity contribution is 7.17. The monoisotopic (exact) mass is 350 g/mol. The summed E-state index contributed by atoms with van der Waals surface area (Å²) in [4.78, 5) is 25.1. The number of amides is 2. The summed E-state index contributed by atoms with van der Waals surface area (Å²) in [6.45, 7) is 2.12. The highest BCUT2D eigenvalue weighted by Gasteiger charge is 2.27. The maximum Gasteiger partial charge on any atom is 0.259 e. The van der Waals surface area contributed by atoms with Crippen LogP contribution >= 0.6 is 11.3 Å². The summed E-state index contributed by atoms with van der Waals surface area (Å²) in [5.74, 6) is -2.57. The summed E-state index contributed by atoms with van der Waals surface area (Å²) in [6, 6.07) is 2.72. The number of thiophene rings is 1. The lowest BCUT2D eigenvalue weighted by Crippen LogP contribution is -2.20. The van der Waals surface area contributed by atoms with Crippen molar-refractivity contribution in [3.63, 3.8) is 0 Å². The van der Waals surface area contributed by atoms with Crippen LogP contribution in [0.1, 0.15) is 44.5 Å². The van der Waals surface area contributed by atoms with E-state index in [-0.39, 0.29) is 5.56 Å². The molecule has 126 valence electrons. The molecule has 0 aliphatic heterocycles. The Morgan fingerprint density at radius 1 is 1.33 bits per heavy atom. The summed E-state index contributed by atoms with van der Waals surface area (Å²) in [5, 5.41) is 2.89. The van der Waals surface area contributed by atoms with Gasteiger partial charge in [0.25, 0.3) is 11.8 Å². The van der Waals surface area contributed by atoms with Gasteiger partial charge in [-0.3, -0.25) is 9.59 Å². The van der Waals surface area contributed by atoms with Crippen molar-refractivity contribution in [1.29, 1.82) is 0 Å². The third-order valence-corrected chi connectivity index (χ3v) is 5.33. The van der Waals surface area contributed by atoms with Crippen LogP contribution in [0, 0.1) is 17.6 Å². The number of nitrogens with two attached hydrogens (primary N) is 1. The van der Waals surface area contributed by atoms with E-state index in [4.69, 9.17) is 5.73 Å². The fourth-order valence-corrected chi connectivity index (χ4v) is 4.35. The number of fused-ring (bicyclic) bond motifs is 1. The minimum atomic E-state index is -0.955. The largest absolute Gasteiger partial charge is 0.365 e. The van der Waals surface area contributed by atoms with Gasteiger partial charge in [0.1, 0.15) is 16.6 Å². The van der Waals surface area contributed by atoms with Crippen molar-refractivity contribution in [2.45, 2.75) is 26.2 Å². The molecule has 0 unspecified atom stereocenters. The van der Waals surface area contributed by atoms with E-state index in [1.807, 2.05) is 0 Å². The summed E-state index contributed by atoms with van der Waals surface area (Å²) in [6.07, 6.45) is 2.50. The average molecular weight is 350 g/mol. The Hall–Kier alpha value is -2.28. The molecule has 0 saturated heterocycles. The Kier molecular flexibility index (Phi) is 4.36. The second kappa shape index (κ2) is 6.32. The Morgan fingerprint density at radius 3 is 2.75 bits per heavy atom. The standard InChI is InChI=1S/C17H16F2N2O2S/c1-8-2-4-11-13(6-8)24-17(14(11)15(20)22)21-16(23)10-5-3-9(18)7-12(10)19/h3,5,7-8H,2,4,6H2,1H3,(H2,20,22)(H,21,23)/t8-/m1/s1. The molecular weight excluding hydrogens is 334 g/mol. The molecule has 0 bridgehead atoms. The van der Waals surface area contributed by atoms with E-state index < -0.39 is 23.4 Å². The minimum absolute atomic E-state index is 0.286. The number of benzene rings is 1.